The van der Waals surface area contributed by atoms with E-state index in [-0.39, 0.29) is 11.9 Å². The number of ether oxygens (including phenoxy) is 2. The van der Waals surface area contributed by atoms with E-state index in [0.717, 1.165) is 35.5 Å². The number of aromatic nitrogens is 1. The molecule has 1 aromatic heterocycles. The maximum Gasteiger partial charge on any atom is 0.219 e. The lowest BCUT2D eigenvalue weighted by Gasteiger charge is -2.26. The van der Waals surface area contributed by atoms with Crippen molar-refractivity contribution in [3.05, 3.63) is 83.8 Å². The van der Waals surface area contributed by atoms with E-state index in [9.17, 15) is 4.39 Å². The Hall–Kier alpha value is -2.88. The number of hydrogen-bond donors (Lipinski definition) is 0. The van der Waals surface area contributed by atoms with Crippen molar-refractivity contribution in [3.63, 3.8) is 0 Å². The van der Waals surface area contributed by atoms with Crippen LogP contribution in [0.5, 0.6) is 17.4 Å². The first-order valence-corrected chi connectivity index (χ1v) is 7.92. The molecule has 0 saturated carbocycles. The molecule has 0 fully saturated rings. The van der Waals surface area contributed by atoms with Crippen molar-refractivity contribution in [2.45, 2.75) is 18.9 Å². The van der Waals surface area contributed by atoms with Gasteiger partial charge in [0, 0.05) is 12.3 Å². The predicted octanol–water partition coefficient (Wildman–Crippen LogP) is 5.08. The number of halogens is 1. The van der Waals surface area contributed by atoms with Gasteiger partial charge in [0.05, 0.1) is 0 Å². The first-order valence-electron chi connectivity index (χ1n) is 7.92. The Bertz CT molecular complexity index is 834. The maximum atomic E-state index is 13.1. The topological polar surface area (TPSA) is 31.4 Å². The SMILES string of the molecule is Fc1ccc(C2CCc3cc(Oc4ccccn4)ccc3O2)cc1. The van der Waals surface area contributed by atoms with E-state index in [2.05, 4.69) is 4.98 Å². The van der Waals surface area contributed by atoms with Crippen LogP contribution in [0, 0.1) is 5.82 Å². The number of benzene rings is 2. The first kappa shape index (κ1) is 14.7. The second-order valence-electron chi connectivity index (χ2n) is 5.74. The highest BCUT2D eigenvalue weighted by Crippen LogP contribution is 2.37. The predicted molar refractivity (Wildman–Crippen MR) is 88.8 cm³/mol. The van der Waals surface area contributed by atoms with Gasteiger partial charge in [-0.25, -0.2) is 9.37 Å². The van der Waals surface area contributed by atoms with Gasteiger partial charge in [0.2, 0.25) is 5.88 Å². The molecular weight excluding hydrogens is 305 g/mol. The Balaban J connectivity index is 1.52. The van der Waals surface area contributed by atoms with E-state index in [4.69, 9.17) is 9.47 Å². The highest BCUT2D eigenvalue weighted by Gasteiger charge is 2.21. The van der Waals surface area contributed by atoms with Gasteiger partial charge in [-0.05, 0) is 60.4 Å². The number of aryl methyl sites for hydroxylation is 1. The molecule has 1 aliphatic rings. The van der Waals surface area contributed by atoms with E-state index < -0.39 is 0 Å². The molecule has 0 bridgehead atoms. The van der Waals surface area contributed by atoms with E-state index >= 15 is 0 Å². The second-order valence-corrected chi connectivity index (χ2v) is 5.74. The van der Waals surface area contributed by atoms with Crippen LogP contribution in [0.3, 0.4) is 0 Å². The fourth-order valence-electron chi connectivity index (χ4n) is 2.87. The quantitative estimate of drug-likeness (QED) is 0.674. The Morgan fingerprint density at radius 1 is 1.04 bits per heavy atom. The van der Waals surface area contributed by atoms with Crippen molar-refractivity contribution < 1.29 is 13.9 Å². The van der Waals surface area contributed by atoms with Gasteiger partial charge in [0.25, 0.3) is 0 Å². The van der Waals surface area contributed by atoms with Gasteiger partial charge in [0.15, 0.2) is 0 Å². The van der Waals surface area contributed by atoms with Crippen LogP contribution in [-0.2, 0) is 6.42 Å². The maximum absolute atomic E-state index is 13.1. The number of fused-ring (bicyclic) bond motifs is 1. The Labute approximate surface area is 139 Å². The van der Waals surface area contributed by atoms with Crippen molar-refractivity contribution in [2.24, 2.45) is 0 Å². The van der Waals surface area contributed by atoms with E-state index in [1.54, 1.807) is 18.3 Å². The zero-order chi connectivity index (χ0) is 16.4. The van der Waals surface area contributed by atoms with Crippen LogP contribution in [0.25, 0.3) is 0 Å². The molecule has 4 rings (SSSR count). The zero-order valence-corrected chi connectivity index (χ0v) is 13.0. The molecule has 0 spiro atoms. The number of pyridine rings is 1. The molecule has 24 heavy (non-hydrogen) atoms. The summed E-state index contributed by atoms with van der Waals surface area (Å²) < 4.78 is 24.9. The fraction of sp³-hybridized carbons (Fsp3) is 0.150. The minimum Gasteiger partial charge on any atom is -0.485 e. The van der Waals surface area contributed by atoms with Gasteiger partial charge in [-0.3, -0.25) is 0 Å². The smallest absolute Gasteiger partial charge is 0.219 e. The van der Waals surface area contributed by atoms with Gasteiger partial charge in [-0.2, -0.15) is 0 Å². The summed E-state index contributed by atoms with van der Waals surface area (Å²) in [6.45, 7) is 0. The van der Waals surface area contributed by atoms with Gasteiger partial charge in [-0.1, -0.05) is 18.2 Å². The molecule has 2 heterocycles. The third-order valence-corrected chi connectivity index (χ3v) is 4.08. The molecule has 3 nitrogen and oxygen atoms in total. The highest BCUT2D eigenvalue weighted by molar-refractivity contribution is 5.43. The lowest BCUT2D eigenvalue weighted by Crippen LogP contribution is -2.15. The van der Waals surface area contributed by atoms with E-state index in [1.165, 1.54) is 12.1 Å². The molecule has 0 N–H and O–H groups in total. The third kappa shape index (κ3) is 3.08. The fourth-order valence-corrected chi connectivity index (χ4v) is 2.87. The van der Waals surface area contributed by atoms with Crippen LogP contribution in [-0.4, -0.2) is 4.98 Å². The van der Waals surface area contributed by atoms with Gasteiger partial charge in [0.1, 0.15) is 23.4 Å². The van der Waals surface area contributed by atoms with Crippen molar-refractivity contribution >= 4 is 0 Å². The zero-order valence-electron chi connectivity index (χ0n) is 13.0. The van der Waals surface area contributed by atoms with Crippen molar-refractivity contribution in [2.75, 3.05) is 0 Å². The van der Waals surface area contributed by atoms with Crippen LogP contribution in [0.2, 0.25) is 0 Å². The van der Waals surface area contributed by atoms with Crippen LogP contribution in [0.1, 0.15) is 23.7 Å². The summed E-state index contributed by atoms with van der Waals surface area (Å²) in [7, 11) is 0. The van der Waals surface area contributed by atoms with Crippen LogP contribution in [0.15, 0.2) is 66.9 Å². The normalized spacial score (nSPS) is 16.1. The van der Waals surface area contributed by atoms with Gasteiger partial charge < -0.3 is 9.47 Å². The van der Waals surface area contributed by atoms with E-state index in [1.807, 2.05) is 36.4 Å². The summed E-state index contributed by atoms with van der Waals surface area (Å²) in [5.41, 5.74) is 2.11. The number of rotatable bonds is 3. The molecule has 2 aromatic carbocycles. The molecule has 0 radical (unpaired) electrons. The molecular formula is C20H16FNO2. The third-order valence-electron chi connectivity index (χ3n) is 4.08. The highest BCUT2D eigenvalue weighted by atomic mass is 19.1. The standard InChI is InChI=1S/C20H16FNO2/c21-16-7-4-14(5-8-16)18-10-6-15-13-17(9-11-19(15)24-18)23-20-3-1-2-12-22-20/h1-5,7-9,11-13,18H,6,10H2. The second kappa shape index (κ2) is 6.32. The van der Waals surface area contributed by atoms with Crippen molar-refractivity contribution in [3.8, 4) is 17.4 Å². The molecule has 120 valence electrons. The minimum absolute atomic E-state index is 0.0411. The molecule has 1 unspecified atom stereocenters. The van der Waals surface area contributed by atoms with Gasteiger partial charge >= 0.3 is 0 Å². The van der Waals surface area contributed by atoms with Crippen LogP contribution in [0.4, 0.5) is 4.39 Å². The number of nitrogens with zero attached hydrogens (tertiary/aromatic N) is 1. The lowest BCUT2D eigenvalue weighted by molar-refractivity contribution is 0.176. The average Bonchev–Trinajstić information content (AvgIpc) is 2.63. The Morgan fingerprint density at radius 3 is 2.71 bits per heavy atom. The molecule has 3 aromatic rings. The summed E-state index contributed by atoms with van der Waals surface area (Å²) in [6.07, 6.45) is 3.40. The average molecular weight is 321 g/mol. The number of hydrogen-bond acceptors (Lipinski definition) is 3. The molecule has 0 amide bonds. The first-order chi connectivity index (χ1) is 11.8. The summed E-state index contributed by atoms with van der Waals surface area (Å²) in [5, 5.41) is 0. The van der Waals surface area contributed by atoms with Crippen molar-refractivity contribution in [1.29, 1.82) is 0 Å². The Morgan fingerprint density at radius 2 is 1.92 bits per heavy atom. The largest absolute Gasteiger partial charge is 0.485 e. The summed E-state index contributed by atoms with van der Waals surface area (Å²) in [5.74, 6) is 1.94. The summed E-state index contributed by atoms with van der Waals surface area (Å²) in [4.78, 5) is 4.16. The monoisotopic (exact) mass is 321 g/mol. The van der Waals surface area contributed by atoms with Gasteiger partial charge in [-0.15, -0.1) is 0 Å². The van der Waals surface area contributed by atoms with Crippen molar-refractivity contribution in [1.82, 2.24) is 4.98 Å². The summed E-state index contributed by atoms with van der Waals surface area (Å²) >= 11 is 0. The lowest BCUT2D eigenvalue weighted by atomic mass is 9.97. The summed E-state index contributed by atoms with van der Waals surface area (Å²) in [6, 6.07) is 17.8. The molecule has 4 heteroatoms. The molecule has 0 aliphatic carbocycles. The molecule has 1 atom stereocenters. The van der Waals surface area contributed by atoms with Crippen LogP contribution < -0.4 is 9.47 Å². The van der Waals surface area contributed by atoms with Crippen LogP contribution >= 0.6 is 0 Å². The molecule has 0 saturated heterocycles. The Kier molecular flexibility index (Phi) is 3.87. The molecule has 1 aliphatic heterocycles. The van der Waals surface area contributed by atoms with E-state index in [0.29, 0.717) is 5.88 Å². The minimum atomic E-state index is -0.230.